The van der Waals surface area contributed by atoms with E-state index in [1.54, 1.807) is 18.9 Å². The van der Waals surface area contributed by atoms with Gasteiger partial charge in [-0.3, -0.25) is 19.2 Å². The monoisotopic (exact) mass is 796 g/mol. The molecule has 1 aliphatic carbocycles. The summed E-state index contributed by atoms with van der Waals surface area (Å²) in [5, 5.41) is 12.9. The van der Waals surface area contributed by atoms with Gasteiger partial charge in [0.05, 0.1) is 31.5 Å². The Kier molecular flexibility index (Phi) is 13.1. The molecule has 3 aromatic rings. The highest BCUT2D eigenvalue weighted by Gasteiger charge is 2.62. The minimum absolute atomic E-state index is 0.0231. The average molecular weight is 797 g/mol. The number of nitrogens with zero attached hydrogens (tertiary/aromatic N) is 3. The number of fused-ring (bicyclic) bond motifs is 3. The number of rotatable bonds is 12. The van der Waals surface area contributed by atoms with Gasteiger partial charge in [0, 0.05) is 54.8 Å². The van der Waals surface area contributed by atoms with Gasteiger partial charge in [-0.15, -0.1) is 0 Å². The molecule has 3 heterocycles. The molecule has 0 radical (unpaired) electrons. The minimum atomic E-state index is -1.26. The first-order valence-electron chi connectivity index (χ1n) is 20.4. The molecule has 2 N–H and O–H groups in total. The summed E-state index contributed by atoms with van der Waals surface area (Å²) in [7, 11) is 1.59. The third kappa shape index (κ3) is 9.45. The molecule has 0 bridgehead atoms. The number of carbonyl (C=O) groups is 5. The van der Waals surface area contributed by atoms with Gasteiger partial charge in [0.15, 0.2) is 0 Å². The van der Waals surface area contributed by atoms with Crippen LogP contribution in [-0.2, 0) is 28.7 Å². The van der Waals surface area contributed by atoms with E-state index < -0.39 is 52.9 Å². The summed E-state index contributed by atoms with van der Waals surface area (Å²) in [6.07, 6.45) is 6.56. The molecule has 1 saturated heterocycles. The molecule has 0 spiro atoms. The maximum absolute atomic E-state index is 15.2. The van der Waals surface area contributed by atoms with E-state index in [1.807, 2.05) is 87.5 Å². The SMILES string of the molecule is CCOC(=O)C12CC1C=CCCCC(=O)N(CCCCCC(=O)O)[C@@H](C(C)(C)C)C(=O)N1C[C@H](Oc3cc(-c4ccccc4)nc4cc(OC)ccc34)CC1C(=O)N2. The van der Waals surface area contributed by atoms with E-state index in [4.69, 9.17) is 19.2 Å². The van der Waals surface area contributed by atoms with Crippen LogP contribution in [0.4, 0.5) is 0 Å². The van der Waals surface area contributed by atoms with Crippen molar-refractivity contribution >= 4 is 40.6 Å². The Morgan fingerprint density at radius 1 is 1.03 bits per heavy atom. The topological polar surface area (TPSA) is 165 Å². The van der Waals surface area contributed by atoms with Crippen LogP contribution in [0.1, 0.15) is 85.5 Å². The molecule has 1 aromatic heterocycles. The number of allylic oxidation sites excluding steroid dienone is 1. The van der Waals surface area contributed by atoms with Crippen LogP contribution in [0.2, 0.25) is 0 Å². The smallest absolute Gasteiger partial charge is 0.332 e. The number of unbranched alkanes of at least 4 members (excludes halogenated alkanes) is 2. The van der Waals surface area contributed by atoms with Crippen molar-refractivity contribution in [2.24, 2.45) is 11.3 Å². The maximum Gasteiger partial charge on any atom is 0.332 e. The molecule has 2 fully saturated rings. The van der Waals surface area contributed by atoms with Gasteiger partial charge >= 0.3 is 11.9 Å². The summed E-state index contributed by atoms with van der Waals surface area (Å²) < 4.78 is 17.8. The zero-order chi connectivity index (χ0) is 41.6. The highest BCUT2D eigenvalue weighted by molar-refractivity contribution is 5.97. The Bertz CT molecular complexity index is 2030. The largest absolute Gasteiger partial charge is 0.497 e. The van der Waals surface area contributed by atoms with Crippen LogP contribution in [-0.4, -0.2) is 100 Å². The summed E-state index contributed by atoms with van der Waals surface area (Å²) in [6, 6.07) is 15.1. The van der Waals surface area contributed by atoms with Gasteiger partial charge in [0.25, 0.3) is 0 Å². The van der Waals surface area contributed by atoms with Crippen LogP contribution in [0.5, 0.6) is 11.5 Å². The number of hydrogen-bond acceptors (Lipinski definition) is 9. The second-order valence-electron chi connectivity index (χ2n) is 16.6. The molecule has 13 nitrogen and oxygen atoms in total. The normalized spacial score (nSPS) is 24.0. The molecule has 3 aliphatic rings. The van der Waals surface area contributed by atoms with Crippen LogP contribution < -0.4 is 14.8 Å². The number of carboxylic acid groups (broad SMARTS) is 1. The summed E-state index contributed by atoms with van der Waals surface area (Å²) in [6.45, 7) is 7.89. The predicted molar refractivity (Wildman–Crippen MR) is 218 cm³/mol. The lowest BCUT2D eigenvalue weighted by Gasteiger charge is -2.42. The maximum atomic E-state index is 15.2. The Hall–Kier alpha value is -5.46. The highest BCUT2D eigenvalue weighted by Crippen LogP contribution is 2.46. The highest BCUT2D eigenvalue weighted by atomic mass is 16.5. The first kappa shape index (κ1) is 42.2. The number of methoxy groups -OCH3 is 1. The third-order valence-corrected chi connectivity index (χ3v) is 11.3. The van der Waals surface area contributed by atoms with Crippen molar-refractivity contribution in [2.45, 2.75) is 109 Å². The van der Waals surface area contributed by atoms with E-state index in [0.717, 1.165) is 10.9 Å². The number of amides is 3. The van der Waals surface area contributed by atoms with Gasteiger partial charge in [-0.25, -0.2) is 9.78 Å². The number of aromatic nitrogens is 1. The van der Waals surface area contributed by atoms with E-state index >= 15 is 4.79 Å². The lowest BCUT2D eigenvalue weighted by Crippen LogP contribution is -2.60. The van der Waals surface area contributed by atoms with Crippen molar-refractivity contribution in [3.63, 3.8) is 0 Å². The van der Waals surface area contributed by atoms with Crippen molar-refractivity contribution in [3.8, 4) is 22.8 Å². The lowest BCUT2D eigenvalue weighted by atomic mass is 9.84. The minimum Gasteiger partial charge on any atom is -0.497 e. The van der Waals surface area contributed by atoms with Crippen molar-refractivity contribution in [1.82, 2.24) is 20.1 Å². The number of nitrogens with one attached hydrogen (secondary N) is 1. The van der Waals surface area contributed by atoms with E-state index in [-0.39, 0.29) is 50.8 Å². The Morgan fingerprint density at radius 3 is 2.52 bits per heavy atom. The van der Waals surface area contributed by atoms with E-state index in [9.17, 15) is 24.3 Å². The Labute approximate surface area is 340 Å². The van der Waals surface area contributed by atoms with Crippen LogP contribution in [0.3, 0.4) is 0 Å². The standard InChI is InChI=1S/C45H56N4O9/c1-6-57-43(55)45-27-30(45)18-12-8-13-19-38(50)48(23-15-9-14-20-39(51)52)40(44(2,3)4)42(54)49-28-32(25-36(49)41(53)47-45)58-37-26-34(29-16-10-7-11-17-29)46-35-24-31(56-5)21-22-33(35)37/h7,10-12,16-18,21-22,24,26,30,32,36,40H,6,8-9,13-15,19-20,23,25,27-28H2,1-5H3,(H,47,53)(H,51,52)/t30?,32-,36?,40-,45?/m1/s1. The molecular weight excluding hydrogens is 741 g/mol. The first-order chi connectivity index (χ1) is 27.7. The fourth-order valence-corrected chi connectivity index (χ4v) is 8.26. The number of benzene rings is 2. The number of carbonyl (C=O) groups excluding carboxylic acids is 4. The van der Waals surface area contributed by atoms with Gasteiger partial charge in [-0.05, 0) is 56.6 Å². The number of hydrogen-bond donors (Lipinski definition) is 2. The number of pyridine rings is 1. The van der Waals surface area contributed by atoms with Gasteiger partial charge in [-0.1, -0.05) is 69.7 Å². The van der Waals surface area contributed by atoms with E-state index in [0.29, 0.717) is 61.2 Å². The summed E-state index contributed by atoms with van der Waals surface area (Å²) in [4.78, 5) is 76.7. The van der Waals surface area contributed by atoms with Gasteiger partial charge < -0.3 is 34.4 Å². The molecule has 1 saturated carbocycles. The van der Waals surface area contributed by atoms with Crippen molar-refractivity contribution in [3.05, 3.63) is 66.7 Å². The second-order valence-corrected chi connectivity index (χ2v) is 16.6. The Balaban J connectivity index is 1.39. The van der Waals surface area contributed by atoms with Gasteiger partial charge in [-0.2, -0.15) is 0 Å². The second kappa shape index (κ2) is 18.0. The van der Waals surface area contributed by atoms with Gasteiger partial charge in [0.1, 0.15) is 35.2 Å². The summed E-state index contributed by atoms with van der Waals surface area (Å²) >= 11 is 0. The molecule has 58 heavy (non-hydrogen) atoms. The molecular formula is C45H56N4O9. The molecule has 13 heteroatoms. The zero-order valence-electron chi connectivity index (χ0n) is 34.2. The van der Waals surface area contributed by atoms with Crippen molar-refractivity contribution < 1.29 is 43.3 Å². The molecule has 2 aliphatic heterocycles. The predicted octanol–water partition coefficient (Wildman–Crippen LogP) is 6.33. The van der Waals surface area contributed by atoms with Crippen LogP contribution in [0.25, 0.3) is 22.2 Å². The molecule has 2 aromatic carbocycles. The van der Waals surface area contributed by atoms with Crippen LogP contribution in [0, 0.1) is 11.3 Å². The lowest BCUT2D eigenvalue weighted by molar-refractivity contribution is -0.154. The average Bonchev–Trinajstić information content (AvgIpc) is 3.72. The summed E-state index contributed by atoms with van der Waals surface area (Å²) in [5.74, 6) is -1.61. The van der Waals surface area contributed by atoms with Crippen molar-refractivity contribution in [2.75, 3.05) is 26.8 Å². The van der Waals surface area contributed by atoms with E-state index in [1.165, 1.54) is 4.90 Å². The fraction of sp³-hybridized carbons (Fsp3) is 0.511. The summed E-state index contributed by atoms with van der Waals surface area (Å²) in [5.41, 5.74) is 0.187. The van der Waals surface area contributed by atoms with Crippen LogP contribution >= 0.6 is 0 Å². The fourth-order valence-electron chi connectivity index (χ4n) is 8.26. The van der Waals surface area contributed by atoms with Crippen molar-refractivity contribution in [1.29, 1.82) is 0 Å². The number of carboxylic acids is 1. The van der Waals surface area contributed by atoms with E-state index in [2.05, 4.69) is 5.32 Å². The molecule has 5 atom stereocenters. The third-order valence-electron chi connectivity index (χ3n) is 11.3. The number of esters is 1. The first-order valence-corrected chi connectivity index (χ1v) is 20.4. The molecule has 310 valence electrons. The molecule has 3 amide bonds. The van der Waals surface area contributed by atoms with Gasteiger partial charge in [0.2, 0.25) is 17.7 Å². The Morgan fingerprint density at radius 2 is 1.81 bits per heavy atom. The molecule has 6 rings (SSSR count). The zero-order valence-corrected chi connectivity index (χ0v) is 34.2. The number of aliphatic carboxylic acids is 1. The number of ether oxygens (including phenoxy) is 3. The quantitative estimate of drug-likeness (QED) is 0.120. The molecule has 3 unspecified atom stereocenters. The van der Waals surface area contributed by atoms with Crippen LogP contribution in [0.15, 0.2) is 66.7 Å².